The fourth-order valence-corrected chi connectivity index (χ4v) is 0.367. The summed E-state index contributed by atoms with van der Waals surface area (Å²) in [7, 11) is 0. The van der Waals surface area contributed by atoms with Gasteiger partial charge in [0.1, 0.15) is 0 Å². The minimum Gasteiger partial charge on any atom is -0.174 e. The van der Waals surface area contributed by atoms with Crippen LogP contribution in [0.1, 0.15) is 0 Å². The van der Waals surface area contributed by atoms with Crippen molar-refractivity contribution in [1.29, 1.82) is 0 Å². The fraction of sp³-hybridized carbons (Fsp3) is 0.333. The minimum absolute atomic E-state index is 0.673. The SMILES string of the molecule is SC=C(S)CS. The van der Waals surface area contributed by atoms with Crippen molar-refractivity contribution in [3.05, 3.63) is 10.3 Å². The molecule has 3 heteroatoms. The standard InChI is InChI=1S/C3H6S3/c4-1-3(6)2-5/h1,4-6H,2H2. The van der Waals surface area contributed by atoms with Crippen LogP contribution in [0.25, 0.3) is 0 Å². The molecule has 0 N–H and O–H groups in total. The molecule has 0 aliphatic heterocycles. The molecule has 0 saturated carbocycles. The van der Waals surface area contributed by atoms with Gasteiger partial charge in [0.2, 0.25) is 0 Å². The van der Waals surface area contributed by atoms with E-state index in [0.717, 1.165) is 4.91 Å². The highest BCUT2D eigenvalue weighted by Gasteiger charge is 1.75. The van der Waals surface area contributed by atoms with Crippen LogP contribution in [0.4, 0.5) is 0 Å². The third-order valence-electron chi connectivity index (χ3n) is 0.311. The van der Waals surface area contributed by atoms with Crippen molar-refractivity contribution in [2.24, 2.45) is 0 Å². The summed E-state index contributed by atoms with van der Waals surface area (Å²) in [5.74, 6) is 0.673. The van der Waals surface area contributed by atoms with Crippen molar-refractivity contribution in [3.8, 4) is 0 Å². The van der Waals surface area contributed by atoms with Gasteiger partial charge in [-0.2, -0.15) is 25.3 Å². The van der Waals surface area contributed by atoms with Gasteiger partial charge in [-0.1, -0.05) is 0 Å². The van der Waals surface area contributed by atoms with Crippen LogP contribution in [-0.4, -0.2) is 5.75 Å². The van der Waals surface area contributed by atoms with Gasteiger partial charge in [0.15, 0.2) is 0 Å². The first-order valence-electron chi connectivity index (χ1n) is 1.44. The third-order valence-corrected chi connectivity index (χ3v) is 1.70. The molecule has 6 heavy (non-hydrogen) atoms. The Labute approximate surface area is 54.2 Å². The molecule has 0 aromatic heterocycles. The van der Waals surface area contributed by atoms with E-state index < -0.39 is 0 Å². The van der Waals surface area contributed by atoms with Gasteiger partial charge < -0.3 is 0 Å². The van der Waals surface area contributed by atoms with Gasteiger partial charge in [0.25, 0.3) is 0 Å². The van der Waals surface area contributed by atoms with Crippen molar-refractivity contribution in [1.82, 2.24) is 0 Å². The first-order valence-corrected chi connectivity index (χ1v) is 3.04. The maximum absolute atomic E-state index is 3.94. The van der Waals surface area contributed by atoms with E-state index in [1.807, 2.05) is 0 Å². The monoisotopic (exact) mass is 138 g/mol. The van der Waals surface area contributed by atoms with E-state index >= 15 is 0 Å². The molecular formula is C3H6S3. The first-order chi connectivity index (χ1) is 2.81. The van der Waals surface area contributed by atoms with Crippen molar-refractivity contribution in [2.45, 2.75) is 0 Å². The second kappa shape index (κ2) is 3.96. The van der Waals surface area contributed by atoms with Crippen LogP contribution in [-0.2, 0) is 0 Å². The van der Waals surface area contributed by atoms with E-state index in [2.05, 4.69) is 37.9 Å². The molecule has 0 aromatic rings. The predicted molar refractivity (Wildman–Crippen MR) is 39.9 cm³/mol. The van der Waals surface area contributed by atoms with Crippen molar-refractivity contribution < 1.29 is 0 Å². The van der Waals surface area contributed by atoms with Gasteiger partial charge in [-0.3, -0.25) is 0 Å². The Balaban J connectivity index is 3.22. The Hall–Kier alpha value is 0.790. The maximum atomic E-state index is 3.94. The molecule has 0 radical (unpaired) electrons. The summed E-state index contributed by atoms with van der Waals surface area (Å²) in [5.41, 5.74) is 0. The van der Waals surface area contributed by atoms with Crippen molar-refractivity contribution >= 4 is 37.9 Å². The second-order valence-electron chi connectivity index (χ2n) is 0.779. The zero-order valence-electron chi connectivity index (χ0n) is 3.13. The molecule has 0 saturated heterocycles. The zero-order chi connectivity index (χ0) is 4.99. The summed E-state index contributed by atoms with van der Waals surface area (Å²) in [6, 6.07) is 0. The van der Waals surface area contributed by atoms with Crippen LogP contribution in [0.3, 0.4) is 0 Å². The molecule has 0 aliphatic rings. The van der Waals surface area contributed by atoms with Crippen LogP contribution in [0, 0.1) is 0 Å². The Bertz CT molecular complexity index is 57.1. The predicted octanol–water partition coefficient (Wildman–Crippen LogP) is 1.62. The third kappa shape index (κ3) is 3.00. The van der Waals surface area contributed by atoms with E-state index in [1.165, 1.54) is 0 Å². The maximum Gasteiger partial charge on any atom is 0.0216 e. The molecule has 0 rings (SSSR count). The topological polar surface area (TPSA) is 0 Å². The Morgan fingerprint density at radius 3 is 2.17 bits per heavy atom. The highest BCUT2D eigenvalue weighted by Crippen LogP contribution is 2.01. The average Bonchev–Trinajstić information content (AvgIpc) is 1.65. The molecule has 0 nitrogen and oxygen atoms in total. The number of rotatable bonds is 1. The van der Waals surface area contributed by atoms with Crippen molar-refractivity contribution in [3.63, 3.8) is 0 Å². The highest BCUT2D eigenvalue weighted by molar-refractivity contribution is 7.89. The largest absolute Gasteiger partial charge is 0.174 e. The molecule has 0 fully saturated rings. The number of thiol groups is 3. The Morgan fingerprint density at radius 2 is 2.17 bits per heavy atom. The van der Waals surface area contributed by atoms with E-state index in [0.29, 0.717) is 5.75 Å². The second-order valence-corrected chi connectivity index (χ2v) is 1.93. The van der Waals surface area contributed by atoms with Gasteiger partial charge in [-0.05, 0) is 10.3 Å². The highest BCUT2D eigenvalue weighted by atomic mass is 32.1. The molecule has 0 spiro atoms. The smallest absolute Gasteiger partial charge is 0.0216 e. The summed E-state index contributed by atoms with van der Waals surface area (Å²) in [5, 5.41) is 1.62. The van der Waals surface area contributed by atoms with Gasteiger partial charge in [-0.25, -0.2) is 0 Å². The summed E-state index contributed by atoms with van der Waals surface area (Å²) in [4.78, 5) is 0.890. The summed E-state index contributed by atoms with van der Waals surface area (Å²) in [6.45, 7) is 0. The van der Waals surface area contributed by atoms with Crippen molar-refractivity contribution in [2.75, 3.05) is 5.75 Å². The van der Waals surface area contributed by atoms with Crippen LogP contribution in [0.5, 0.6) is 0 Å². The average molecular weight is 138 g/mol. The first kappa shape index (κ1) is 6.79. The molecule has 0 bridgehead atoms. The lowest BCUT2D eigenvalue weighted by molar-refractivity contribution is 1.78. The Morgan fingerprint density at radius 1 is 1.67 bits per heavy atom. The zero-order valence-corrected chi connectivity index (χ0v) is 5.81. The van der Waals surface area contributed by atoms with E-state index in [4.69, 9.17) is 0 Å². The molecule has 0 unspecified atom stereocenters. The van der Waals surface area contributed by atoms with Crippen LogP contribution >= 0.6 is 37.9 Å². The quantitative estimate of drug-likeness (QED) is 0.451. The molecule has 0 aliphatic carbocycles. The lowest BCUT2D eigenvalue weighted by atomic mass is 10.7. The summed E-state index contributed by atoms with van der Waals surface area (Å²) < 4.78 is 0. The lowest BCUT2D eigenvalue weighted by Gasteiger charge is -1.82. The number of hydrogen-bond donors (Lipinski definition) is 3. The molecule has 0 heterocycles. The van der Waals surface area contributed by atoms with Gasteiger partial charge in [-0.15, -0.1) is 12.6 Å². The Kier molecular flexibility index (Phi) is 4.48. The molecular weight excluding hydrogens is 132 g/mol. The summed E-state index contributed by atoms with van der Waals surface area (Å²) in [6.07, 6.45) is 0. The molecule has 0 atom stereocenters. The van der Waals surface area contributed by atoms with Crippen LogP contribution in [0.2, 0.25) is 0 Å². The number of hydrogen-bond acceptors (Lipinski definition) is 3. The fourth-order valence-electron chi connectivity index (χ4n) is 0.0408. The summed E-state index contributed by atoms with van der Waals surface area (Å²) >= 11 is 11.6. The molecule has 0 aromatic carbocycles. The molecule has 0 amide bonds. The van der Waals surface area contributed by atoms with Crippen LogP contribution in [0.15, 0.2) is 10.3 Å². The van der Waals surface area contributed by atoms with E-state index in [1.54, 1.807) is 5.41 Å². The van der Waals surface area contributed by atoms with E-state index in [-0.39, 0.29) is 0 Å². The van der Waals surface area contributed by atoms with E-state index in [9.17, 15) is 0 Å². The van der Waals surface area contributed by atoms with Gasteiger partial charge >= 0.3 is 0 Å². The van der Waals surface area contributed by atoms with Gasteiger partial charge in [0, 0.05) is 5.75 Å². The minimum atomic E-state index is 0.673. The normalized spacial score (nSPS) is 12.2. The lowest BCUT2D eigenvalue weighted by Crippen LogP contribution is -1.64. The van der Waals surface area contributed by atoms with Gasteiger partial charge in [0.05, 0.1) is 0 Å². The molecule has 36 valence electrons. The van der Waals surface area contributed by atoms with Crippen LogP contribution < -0.4 is 0 Å².